The van der Waals surface area contributed by atoms with E-state index >= 15 is 0 Å². The number of nitrogens with one attached hydrogen (secondary N) is 1. The molecule has 0 aliphatic heterocycles. The summed E-state index contributed by atoms with van der Waals surface area (Å²) in [5, 5.41) is 4.08. The molecule has 0 saturated carbocycles. The highest BCUT2D eigenvalue weighted by atomic mass is 16.5. The second-order valence-electron chi connectivity index (χ2n) is 5.40. The predicted octanol–water partition coefficient (Wildman–Crippen LogP) is 3.75. The summed E-state index contributed by atoms with van der Waals surface area (Å²) in [4.78, 5) is 11.7. The molecule has 1 rings (SSSR count). The van der Waals surface area contributed by atoms with Gasteiger partial charge in [0.1, 0.15) is 5.75 Å². The smallest absolute Gasteiger partial charge is 0.277 e. The Morgan fingerprint density at radius 2 is 2.05 bits per heavy atom. The van der Waals surface area contributed by atoms with E-state index in [2.05, 4.69) is 17.5 Å². The molecule has 1 aromatic rings. The van der Waals surface area contributed by atoms with Crippen LogP contribution in [-0.2, 0) is 4.79 Å². The summed E-state index contributed by atoms with van der Waals surface area (Å²) in [7, 11) is 0. The standard InChI is InChI=1S/C17H26N2O2/c1-5-6-7-8-15(4)18-19-17(20)12-21-16-10-9-13(2)11-14(16)3/h9-11H,5-8,12H2,1-4H3,(H,19,20)/b18-15+. The minimum absolute atomic E-state index is 0.0182. The third-order valence-electron chi connectivity index (χ3n) is 3.20. The predicted molar refractivity (Wildman–Crippen MR) is 86.8 cm³/mol. The Morgan fingerprint density at radius 1 is 1.29 bits per heavy atom. The number of rotatable bonds is 8. The number of carbonyl (C=O) groups excluding carboxylic acids is 1. The monoisotopic (exact) mass is 290 g/mol. The van der Waals surface area contributed by atoms with Crippen molar-refractivity contribution in [1.29, 1.82) is 0 Å². The molecule has 0 spiro atoms. The Kier molecular flexibility index (Phi) is 7.51. The van der Waals surface area contributed by atoms with Crippen LogP contribution in [0.25, 0.3) is 0 Å². The van der Waals surface area contributed by atoms with Gasteiger partial charge in [0, 0.05) is 5.71 Å². The molecule has 4 nitrogen and oxygen atoms in total. The largest absolute Gasteiger partial charge is 0.483 e. The van der Waals surface area contributed by atoms with Gasteiger partial charge in [0.05, 0.1) is 0 Å². The Labute approximate surface area is 127 Å². The van der Waals surface area contributed by atoms with Crippen LogP contribution in [-0.4, -0.2) is 18.2 Å². The first-order chi connectivity index (χ1) is 10.0. The van der Waals surface area contributed by atoms with Gasteiger partial charge in [0.15, 0.2) is 6.61 Å². The van der Waals surface area contributed by atoms with Crippen LogP contribution in [0.15, 0.2) is 23.3 Å². The second-order valence-corrected chi connectivity index (χ2v) is 5.40. The average Bonchev–Trinajstić information content (AvgIpc) is 2.44. The number of benzene rings is 1. The summed E-state index contributed by atoms with van der Waals surface area (Å²) in [6.07, 6.45) is 4.41. The fourth-order valence-electron chi connectivity index (χ4n) is 1.98. The first-order valence-corrected chi connectivity index (χ1v) is 7.55. The van der Waals surface area contributed by atoms with Gasteiger partial charge in [0.2, 0.25) is 0 Å². The minimum atomic E-state index is -0.232. The topological polar surface area (TPSA) is 50.7 Å². The van der Waals surface area contributed by atoms with Gasteiger partial charge in [-0.1, -0.05) is 37.5 Å². The number of aryl methyl sites for hydroxylation is 2. The van der Waals surface area contributed by atoms with Gasteiger partial charge in [-0.05, 0) is 45.2 Å². The quantitative estimate of drug-likeness (QED) is 0.450. The normalized spacial score (nSPS) is 11.3. The lowest BCUT2D eigenvalue weighted by Crippen LogP contribution is -2.25. The molecule has 4 heteroatoms. The lowest BCUT2D eigenvalue weighted by atomic mass is 10.1. The van der Waals surface area contributed by atoms with Crippen molar-refractivity contribution in [3.63, 3.8) is 0 Å². The van der Waals surface area contributed by atoms with Gasteiger partial charge in [-0.25, -0.2) is 5.43 Å². The lowest BCUT2D eigenvalue weighted by molar-refractivity contribution is -0.123. The average molecular weight is 290 g/mol. The van der Waals surface area contributed by atoms with Crippen molar-refractivity contribution in [3.05, 3.63) is 29.3 Å². The number of ether oxygens (including phenoxy) is 1. The van der Waals surface area contributed by atoms with E-state index in [1.165, 1.54) is 18.4 Å². The summed E-state index contributed by atoms with van der Waals surface area (Å²) < 4.78 is 5.50. The maximum atomic E-state index is 11.7. The van der Waals surface area contributed by atoms with E-state index in [1.807, 2.05) is 39.0 Å². The van der Waals surface area contributed by atoms with Gasteiger partial charge >= 0.3 is 0 Å². The highest BCUT2D eigenvalue weighted by Crippen LogP contribution is 2.18. The van der Waals surface area contributed by atoms with Crippen molar-refractivity contribution >= 4 is 11.6 Å². The Hall–Kier alpha value is -1.84. The van der Waals surface area contributed by atoms with Crippen molar-refractivity contribution in [2.75, 3.05) is 6.61 Å². The highest BCUT2D eigenvalue weighted by Gasteiger charge is 2.04. The molecule has 1 aromatic carbocycles. The van der Waals surface area contributed by atoms with Crippen LogP contribution in [0, 0.1) is 13.8 Å². The van der Waals surface area contributed by atoms with Crippen molar-refractivity contribution in [3.8, 4) is 5.75 Å². The second kappa shape index (κ2) is 9.16. The molecule has 0 aromatic heterocycles. The van der Waals surface area contributed by atoms with Crippen molar-refractivity contribution in [1.82, 2.24) is 5.43 Å². The molecule has 0 fully saturated rings. The third kappa shape index (κ3) is 6.93. The summed E-state index contributed by atoms with van der Waals surface area (Å²) in [5.74, 6) is 0.504. The minimum Gasteiger partial charge on any atom is -0.483 e. The zero-order chi connectivity index (χ0) is 15.7. The van der Waals surface area contributed by atoms with E-state index in [1.54, 1.807) is 0 Å². The van der Waals surface area contributed by atoms with E-state index in [0.717, 1.165) is 29.9 Å². The maximum absolute atomic E-state index is 11.7. The molecule has 0 atom stereocenters. The molecular formula is C17H26N2O2. The molecule has 1 amide bonds. The first kappa shape index (κ1) is 17.2. The number of hydrogen-bond acceptors (Lipinski definition) is 3. The molecule has 0 aliphatic rings. The van der Waals surface area contributed by atoms with Crippen LogP contribution in [0.4, 0.5) is 0 Å². The van der Waals surface area contributed by atoms with Crippen LogP contribution in [0.2, 0.25) is 0 Å². The van der Waals surface area contributed by atoms with E-state index in [-0.39, 0.29) is 12.5 Å². The summed E-state index contributed by atoms with van der Waals surface area (Å²) in [6, 6.07) is 5.89. The Bertz CT molecular complexity index is 496. The molecule has 0 heterocycles. The van der Waals surface area contributed by atoms with E-state index < -0.39 is 0 Å². The van der Waals surface area contributed by atoms with Gasteiger partial charge in [0.25, 0.3) is 5.91 Å². The number of nitrogens with zero attached hydrogens (tertiary/aromatic N) is 1. The first-order valence-electron chi connectivity index (χ1n) is 7.55. The molecule has 1 N–H and O–H groups in total. The van der Waals surface area contributed by atoms with E-state index in [9.17, 15) is 4.79 Å². The lowest BCUT2D eigenvalue weighted by Gasteiger charge is -2.09. The molecule has 116 valence electrons. The van der Waals surface area contributed by atoms with Gasteiger partial charge in [-0.2, -0.15) is 5.10 Å². The highest BCUT2D eigenvalue weighted by molar-refractivity contribution is 5.84. The van der Waals surface area contributed by atoms with Crippen LogP contribution >= 0.6 is 0 Å². The molecule has 0 bridgehead atoms. The van der Waals surface area contributed by atoms with Gasteiger partial charge in [-0.15, -0.1) is 0 Å². The Morgan fingerprint density at radius 3 is 2.71 bits per heavy atom. The van der Waals surface area contributed by atoms with Crippen molar-refractivity contribution < 1.29 is 9.53 Å². The fraction of sp³-hybridized carbons (Fsp3) is 0.529. The van der Waals surface area contributed by atoms with E-state index in [0.29, 0.717) is 0 Å². The number of unbranched alkanes of at least 4 members (excludes halogenated alkanes) is 2. The van der Waals surface area contributed by atoms with E-state index in [4.69, 9.17) is 4.74 Å². The van der Waals surface area contributed by atoms with Crippen molar-refractivity contribution in [2.24, 2.45) is 5.10 Å². The molecule has 0 aliphatic carbocycles. The molecule has 0 saturated heterocycles. The van der Waals surface area contributed by atoms with Gasteiger partial charge < -0.3 is 4.74 Å². The number of hydrogen-bond donors (Lipinski definition) is 1. The zero-order valence-electron chi connectivity index (χ0n) is 13.5. The zero-order valence-corrected chi connectivity index (χ0v) is 13.5. The maximum Gasteiger partial charge on any atom is 0.277 e. The SMILES string of the molecule is CCCCC/C(C)=N/NC(=O)COc1ccc(C)cc1C. The summed E-state index contributed by atoms with van der Waals surface area (Å²) >= 11 is 0. The molecule has 0 radical (unpaired) electrons. The number of amides is 1. The summed E-state index contributed by atoms with van der Waals surface area (Å²) in [6.45, 7) is 8.07. The fourth-order valence-corrected chi connectivity index (χ4v) is 1.98. The summed E-state index contributed by atoms with van der Waals surface area (Å²) in [5.41, 5.74) is 5.69. The van der Waals surface area contributed by atoms with Crippen LogP contribution in [0.1, 0.15) is 50.7 Å². The van der Waals surface area contributed by atoms with Crippen LogP contribution in [0.5, 0.6) is 5.75 Å². The molecule has 21 heavy (non-hydrogen) atoms. The van der Waals surface area contributed by atoms with Crippen LogP contribution < -0.4 is 10.2 Å². The van der Waals surface area contributed by atoms with Crippen LogP contribution in [0.3, 0.4) is 0 Å². The van der Waals surface area contributed by atoms with Gasteiger partial charge in [-0.3, -0.25) is 4.79 Å². The molecule has 0 unspecified atom stereocenters. The molecular weight excluding hydrogens is 264 g/mol. The van der Waals surface area contributed by atoms with Crippen molar-refractivity contribution in [2.45, 2.75) is 53.4 Å². The Balaban J connectivity index is 2.35. The number of hydrazone groups is 1. The number of carbonyl (C=O) groups is 1. The third-order valence-corrected chi connectivity index (χ3v) is 3.20.